The van der Waals surface area contributed by atoms with Crippen molar-refractivity contribution in [2.45, 2.75) is 6.04 Å². The molecule has 1 unspecified atom stereocenters. The highest BCUT2D eigenvalue weighted by atomic mass is 35.5. The van der Waals surface area contributed by atoms with Crippen molar-refractivity contribution >= 4 is 46.3 Å². The van der Waals surface area contributed by atoms with Crippen LogP contribution in [0.2, 0.25) is 10.0 Å². The summed E-state index contributed by atoms with van der Waals surface area (Å²) in [5.74, 6) is -2.57. The number of carbonyl (C=O) groups is 2. The number of aromatic hydroxyl groups is 1. The number of phenols is 1. The second-order valence-electron chi connectivity index (χ2n) is 7.23. The minimum absolute atomic E-state index is 0.000823. The normalized spacial score (nSPS) is 17.2. The quantitative estimate of drug-likeness (QED) is 0.295. The van der Waals surface area contributed by atoms with Gasteiger partial charge in [-0.15, -0.1) is 0 Å². The van der Waals surface area contributed by atoms with Gasteiger partial charge in [0.15, 0.2) is 11.5 Å². The van der Waals surface area contributed by atoms with Crippen molar-refractivity contribution in [1.82, 2.24) is 4.98 Å². The number of nitrogens with zero attached hydrogens (tertiary/aromatic N) is 2. The molecule has 1 aromatic heterocycles. The fraction of sp³-hybridized carbons (Fsp3) is 0.125. The molecule has 0 radical (unpaired) electrons. The van der Waals surface area contributed by atoms with Crippen LogP contribution in [0.5, 0.6) is 17.2 Å². The summed E-state index contributed by atoms with van der Waals surface area (Å²) in [4.78, 5) is 31.6. The number of Topliss-reactive ketones (excluding diaryl/α,β-unsaturated/α-hetero) is 1. The van der Waals surface area contributed by atoms with Crippen molar-refractivity contribution in [3.05, 3.63) is 81.6 Å². The van der Waals surface area contributed by atoms with Gasteiger partial charge >= 0.3 is 0 Å². The van der Waals surface area contributed by atoms with Gasteiger partial charge in [0, 0.05) is 12.4 Å². The molecule has 1 saturated heterocycles. The van der Waals surface area contributed by atoms with Crippen molar-refractivity contribution in [3.63, 3.8) is 0 Å². The number of methoxy groups -OCH3 is 2. The first kappa shape index (κ1) is 23.4. The van der Waals surface area contributed by atoms with Crippen molar-refractivity contribution < 1.29 is 29.3 Å². The molecular formula is C24H18Cl2N2O6. The van der Waals surface area contributed by atoms with Crippen LogP contribution in [0.4, 0.5) is 5.69 Å². The summed E-state index contributed by atoms with van der Waals surface area (Å²) >= 11 is 12.6. The molecule has 4 rings (SSSR count). The highest BCUT2D eigenvalue weighted by Gasteiger charge is 2.48. The van der Waals surface area contributed by atoms with E-state index in [4.69, 9.17) is 32.7 Å². The van der Waals surface area contributed by atoms with E-state index in [-0.39, 0.29) is 44.1 Å². The lowest BCUT2D eigenvalue weighted by Crippen LogP contribution is -2.29. The molecule has 2 heterocycles. The Morgan fingerprint density at radius 1 is 1.06 bits per heavy atom. The number of hydrogen-bond donors (Lipinski definition) is 2. The van der Waals surface area contributed by atoms with Crippen LogP contribution >= 0.6 is 23.2 Å². The number of phenolic OH excluding ortho intramolecular Hbond substituents is 1. The maximum absolute atomic E-state index is 13.2. The van der Waals surface area contributed by atoms with Crippen LogP contribution in [-0.4, -0.2) is 41.1 Å². The Kier molecular flexibility index (Phi) is 6.37. The number of ketones is 1. The van der Waals surface area contributed by atoms with Crippen LogP contribution in [0.3, 0.4) is 0 Å². The van der Waals surface area contributed by atoms with Crippen LogP contribution in [-0.2, 0) is 9.59 Å². The second-order valence-corrected chi connectivity index (χ2v) is 8.02. The molecule has 8 nitrogen and oxygen atoms in total. The zero-order valence-corrected chi connectivity index (χ0v) is 19.5. The SMILES string of the molecule is COc1c(Cl)cc(/C(O)=C2\C(=O)C(=O)N(c3ccccc3O)C2c2cccnc2)c(OC)c1Cl. The van der Waals surface area contributed by atoms with Gasteiger partial charge in [0.1, 0.15) is 16.5 Å². The van der Waals surface area contributed by atoms with E-state index in [2.05, 4.69) is 4.98 Å². The number of aromatic nitrogens is 1. The Morgan fingerprint density at radius 3 is 2.38 bits per heavy atom. The minimum Gasteiger partial charge on any atom is -0.507 e. The number of aliphatic hydroxyl groups is 1. The number of anilines is 1. The first-order valence-electron chi connectivity index (χ1n) is 9.91. The Balaban J connectivity index is 2.03. The minimum atomic E-state index is -1.11. The first-order valence-corrected chi connectivity index (χ1v) is 10.7. The largest absolute Gasteiger partial charge is 0.507 e. The second kappa shape index (κ2) is 9.24. The van der Waals surface area contributed by atoms with E-state index in [9.17, 15) is 19.8 Å². The molecule has 0 bridgehead atoms. The molecule has 1 fully saturated rings. The van der Waals surface area contributed by atoms with E-state index >= 15 is 0 Å². The van der Waals surface area contributed by atoms with Gasteiger partial charge in [0.05, 0.1) is 42.1 Å². The Hall–Kier alpha value is -3.75. The van der Waals surface area contributed by atoms with Crippen LogP contribution in [0, 0.1) is 0 Å². The molecule has 2 N–H and O–H groups in total. The van der Waals surface area contributed by atoms with Gasteiger partial charge in [-0.05, 0) is 29.8 Å². The monoisotopic (exact) mass is 500 g/mol. The number of carbonyl (C=O) groups excluding carboxylic acids is 2. The van der Waals surface area contributed by atoms with E-state index in [0.717, 1.165) is 4.90 Å². The number of rotatable bonds is 5. The highest BCUT2D eigenvalue weighted by Crippen LogP contribution is 2.48. The average molecular weight is 501 g/mol. The predicted molar refractivity (Wildman–Crippen MR) is 127 cm³/mol. The lowest BCUT2D eigenvalue weighted by Gasteiger charge is -2.26. The molecule has 34 heavy (non-hydrogen) atoms. The van der Waals surface area contributed by atoms with Crippen LogP contribution in [0.1, 0.15) is 17.2 Å². The van der Waals surface area contributed by atoms with E-state index in [1.807, 2.05) is 0 Å². The van der Waals surface area contributed by atoms with Crippen molar-refractivity contribution in [1.29, 1.82) is 0 Å². The number of ether oxygens (including phenoxy) is 2. The van der Waals surface area contributed by atoms with Crippen LogP contribution < -0.4 is 14.4 Å². The highest BCUT2D eigenvalue weighted by molar-refractivity contribution is 6.52. The van der Waals surface area contributed by atoms with Crippen LogP contribution in [0.15, 0.2) is 60.4 Å². The Bertz CT molecular complexity index is 1330. The number of para-hydroxylation sites is 2. The zero-order valence-electron chi connectivity index (χ0n) is 18.0. The molecule has 1 amide bonds. The van der Waals surface area contributed by atoms with Crippen molar-refractivity contribution in [2.75, 3.05) is 19.1 Å². The fourth-order valence-corrected chi connectivity index (χ4v) is 4.58. The van der Waals surface area contributed by atoms with E-state index in [1.54, 1.807) is 24.3 Å². The maximum atomic E-state index is 13.2. The molecule has 0 saturated carbocycles. The molecule has 0 aliphatic carbocycles. The van der Waals surface area contributed by atoms with Gasteiger partial charge in [-0.25, -0.2) is 0 Å². The smallest absolute Gasteiger partial charge is 0.300 e. The first-order chi connectivity index (χ1) is 16.3. The summed E-state index contributed by atoms with van der Waals surface area (Å²) in [6.45, 7) is 0. The van der Waals surface area contributed by atoms with Gasteiger partial charge in [-0.1, -0.05) is 41.4 Å². The lowest BCUT2D eigenvalue weighted by molar-refractivity contribution is -0.132. The zero-order chi connectivity index (χ0) is 24.6. The third-order valence-electron chi connectivity index (χ3n) is 5.38. The number of amides is 1. The Labute approximate surface area is 204 Å². The number of benzene rings is 2. The Morgan fingerprint density at radius 2 is 1.76 bits per heavy atom. The summed E-state index contributed by atoms with van der Waals surface area (Å²) in [5.41, 5.74) is 0.255. The molecule has 2 aromatic carbocycles. The third-order valence-corrected chi connectivity index (χ3v) is 6.00. The van der Waals surface area contributed by atoms with Gasteiger partial charge in [-0.3, -0.25) is 19.5 Å². The van der Waals surface area contributed by atoms with Gasteiger partial charge in [-0.2, -0.15) is 0 Å². The lowest BCUT2D eigenvalue weighted by atomic mass is 9.95. The summed E-state index contributed by atoms with van der Waals surface area (Å²) in [6, 6.07) is 9.57. The molecule has 0 spiro atoms. The summed E-state index contributed by atoms with van der Waals surface area (Å²) < 4.78 is 10.5. The van der Waals surface area contributed by atoms with E-state index < -0.39 is 23.5 Å². The molecular weight excluding hydrogens is 483 g/mol. The molecule has 174 valence electrons. The van der Waals surface area contributed by atoms with E-state index in [1.165, 1.54) is 44.8 Å². The average Bonchev–Trinajstić information content (AvgIpc) is 3.10. The summed E-state index contributed by atoms with van der Waals surface area (Å²) in [5, 5.41) is 21.8. The van der Waals surface area contributed by atoms with Crippen LogP contribution in [0.25, 0.3) is 5.76 Å². The summed E-state index contributed by atoms with van der Waals surface area (Å²) in [7, 11) is 2.69. The number of halogens is 2. The van der Waals surface area contributed by atoms with Crippen molar-refractivity contribution in [3.8, 4) is 17.2 Å². The maximum Gasteiger partial charge on any atom is 0.300 e. The van der Waals surface area contributed by atoms with E-state index in [0.29, 0.717) is 5.56 Å². The fourth-order valence-electron chi connectivity index (χ4n) is 3.89. The topological polar surface area (TPSA) is 109 Å². The molecule has 10 heteroatoms. The predicted octanol–water partition coefficient (Wildman–Crippen LogP) is 4.74. The van der Waals surface area contributed by atoms with Crippen molar-refractivity contribution in [2.24, 2.45) is 0 Å². The number of hydrogen-bond acceptors (Lipinski definition) is 7. The molecule has 1 atom stereocenters. The van der Waals surface area contributed by atoms with Gasteiger partial charge in [0.25, 0.3) is 11.7 Å². The molecule has 3 aromatic rings. The standard InChI is InChI=1S/C24H18Cl2N2O6/c1-33-22-13(10-14(25)23(34-2)18(22)26)20(30)17-19(12-6-5-9-27-11-12)28(24(32)21(17)31)15-7-3-4-8-16(15)29/h3-11,19,29-30H,1-2H3/b20-17+. The van der Waals surface area contributed by atoms with Gasteiger partial charge in [0.2, 0.25) is 0 Å². The number of pyridine rings is 1. The third kappa shape index (κ3) is 3.70. The summed E-state index contributed by atoms with van der Waals surface area (Å²) in [6.07, 6.45) is 2.99. The number of aliphatic hydroxyl groups excluding tert-OH is 1. The molecule has 1 aliphatic rings. The van der Waals surface area contributed by atoms with Gasteiger partial charge < -0.3 is 19.7 Å². The molecule has 1 aliphatic heterocycles.